The molecule has 0 aromatic heterocycles. The molecule has 0 heterocycles. The maximum absolute atomic E-state index is 10.7. The molecule has 0 fully saturated rings. The van der Waals surface area contributed by atoms with Crippen molar-refractivity contribution in [2.24, 2.45) is 0 Å². The third-order valence-corrected chi connectivity index (χ3v) is 1.44. The summed E-state index contributed by atoms with van der Waals surface area (Å²) in [6.45, 7) is 4.22. The first-order valence-corrected chi connectivity index (χ1v) is 6.84. The van der Waals surface area contributed by atoms with Gasteiger partial charge in [-0.25, -0.2) is 9.36 Å². The van der Waals surface area contributed by atoms with Gasteiger partial charge in [0.05, 0.1) is 6.61 Å². The molecular formula is C6H14O9P2. The van der Waals surface area contributed by atoms with Gasteiger partial charge in [0.25, 0.3) is 0 Å². The number of carbonyl (C=O) groups is 1. The Labute approximate surface area is 97.9 Å². The smallest absolute Gasteiger partial charge is 0.460 e. The van der Waals surface area contributed by atoms with E-state index in [-0.39, 0.29) is 18.8 Å². The fraction of sp³-hybridized carbons (Fsp3) is 0.500. The van der Waals surface area contributed by atoms with Crippen LogP contribution >= 0.6 is 16.1 Å². The maximum Gasteiger partial charge on any atom is 0.469 e. The van der Waals surface area contributed by atoms with E-state index in [1.54, 1.807) is 0 Å². The van der Waals surface area contributed by atoms with Crippen LogP contribution in [-0.4, -0.2) is 38.8 Å². The lowest BCUT2D eigenvalue weighted by molar-refractivity contribution is -0.139. The van der Waals surface area contributed by atoms with Crippen LogP contribution in [0.15, 0.2) is 12.2 Å². The molecule has 4 N–H and O–H groups in total. The van der Waals surface area contributed by atoms with E-state index in [0.717, 1.165) is 0 Å². The molecule has 17 heavy (non-hydrogen) atoms. The molecule has 0 amide bonds. The minimum absolute atomic E-state index is 0.212. The summed E-state index contributed by atoms with van der Waals surface area (Å²) >= 11 is 0. The molecule has 9 nitrogen and oxygen atoms in total. The van der Waals surface area contributed by atoms with Crippen LogP contribution in [0.4, 0.5) is 0 Å². The maximum atomic E-state index is 10.7. The van der Waals surface area contributed by atoms with E-state index < -0.39 is 22.0 Å². The first-order chi connectivity index (χ1) is 7.56. The summed E-state index contributed by atoms with van der Waals surface area (Å²) in [6, 6.07) is 0. The number of ether oxygens (including phenoxy) is 1. The summed E-state index contributed by atoms with van der Waals surface area (Å²) in [5.74, 6) is -0.616. The van der Waals surface area contributed by atoms with Crippen molar-refractivity contribution in [3.8, 4) is 0 Å². The highest BCUT2D eigenvalue weighted by Crippen LogP contribution is 2.35. The van der Waals surface area contributed by atoms with Crippen LogP contribution in [-0.2, 0) is 23.2 Å². The standard InChI is InChI=1S/C6H11O6P.H3O3P/c1-5(2)6(7)11-3-4-12-13(8,9)10;1-4(2)3/h1,3-4H2,2H3,(H2,8,9,10);4H,(H2,1,2,3). The van der Waals surface area contributed by atoms with Crippen molar-refractivity contribution in [2.45, 2.75) is 6.92 Å². The van der Waals surface area contributed by atoms with Gasteiger partial charge in [-0.3, -0.25) is 9.09 Å². The number of hydrogen-bond acceptors (Lipinski definition) is 5. The minimum atomic E-state index is -4.46. The van der Waals surface area contributed by atoms with Crippen molar-refractivity contribution in [3.63, 3.8) is 0 Å². The molecular weight excluding hydrogens is 278 g/mol. The van der Waals surface area contributed by atoms with Gasteiger partial charge in [0.2, 0.25) is 0 Å². The second kappa shape index (κ2) is 9.49. The summed E-state index contributed by atoms with van der Waals surface area (Å²) in [5.41, 5.74) is 0.219. The molecule has 0 atom stereocenters. The topological polar surface area (TPSA) is 151 Å². The highest BCUT2D eigenvalue weighted by Gasteiger charge is 2.13. The first kappa shape index (κ1) is 18.8. The number of phosphoric ester groups is 1. The molecule has 11 heteroatoms. The number of rotatable bonds is 5. The molecule has 0 rings (SSSR count). The van der Waals surface area contributed by atoms with E-state index in [9.17, 15) is 9.36 Å². The Morgan fingerprint density at radius 2 is 1.76 bits per heavy atom. The quantitative estimate of drug-likeness (QED) is 0.229. The van der Waals surface area contributed by atoms with Gasteiger partial charge in [0, 0.05) is 5.57 Å². The fourth-order valence-corrected chi connectivity index (χ4v) is 0.726. The van der Waals surface area contributed by atoms with E-state index in [1.165, 1.54) is 6.92 Å². The number of phosphoric acid groups is 1. The van der Waals surface area contributed by atoms with Crippen LogP contribution < -0.4 is 0 Å². The highest BCUT2D eigenvalue weighted by atomic mass is 31.2. The molecule has 0 saturated heterocycles. The molecule has 0 aromatic carbocycles. The summed E-state index contributed by atoms with van der Waals surface area (Å²) in [4.78, 5) is 41.5. The Kier molecular flexibility index (Phi) is 10.5. The molecule has 0 aromatic rings. The zero-order chi connectivity index (χ0) is 14.1. The number of carbonyl (C=O) groups excluding carboxylic acids is 1. The van der Waals surface area contributed by atoms with Crippen LogP contribution in [0.3, 0.4) is 0 Å². The molecule has 0 aliphatic rings. The molecule has 0 aliphatic heterocycles. The lowest BCUT2D eigenvalue weighted by Gasteiger charge is -2.05. The van der Waals surface area contributed by atoms with Crippen LogP contribution in [0.1, 0.15) is 6.92 Å². The predicted molar refractivity (Wildman–Crippen MR) is 57.2 cm³/mol. The van der Waals surface area contributed by atoms with E-state index in [2.05, 4.69) is 15.8 Å². The van der Waals surface area contributed by atoms with Crippen molar-refractivity contribution >= 4 is 22.0 Å². The van der Waals surface area contributed by atoms with E-state index in [4.69, 9.17) is 24.1 Å². The lowest BCUT2D eigenvalue weighted by atomic mass is 10.4. The highest BCUT2D eigenvalue weighted by molar-refractivity contribution is 7.46. The molecule has 0 saturated carbocycles. The van der Waals surface area contributed by atoms with Gasteiger partial charge in [-0.15, -0.1) is 0 Å². The van der Waals surface area contributed by atoms with Crippen molar-refractivity contribution < 1.29 is 42.8 Å². The van der Waals surface area contributed by atoms with Gasteiger partial charge in [-0.2, -0.15) is 0 Å². The first-order valence-electron chi connectivity index (χ1n) is 4.01. The van der Waals surface area contributed by atoms with E-state index in [0.29, 0.717) is 0 Å². The average molecular weight is 292 g/mol. The fourth-order valence-electron chi connectivity index (χ4n) is 0.414. The summed E-state index contributed by atoms with van der Waals surface area (Å²) in [7, 11) is -7.59. The molecule has 0 radical (unpaired) electrons. The minimum Gasteiger partial charge on any atom is -0.460 e. The lowest BCUT2D eigenvalue weighted by Crippen LogP contribution is -2.10. The zero-order valence-corrected chi connectivity index (χ0v) is 10.8. The summed E-state index contributed by atoms with van der Waals surface area (Å²) in [5, 5.41) is 0. The van der Waals surface area contributed by atoms with Gasteiger partial charge < -0.3 is 24.3 Å². The Morgan fingerprint density at radius 1 is 1.35 bits per heavy atom. The van der Waals surface area contributed by atoms with Crippen molar-refractivity contribution in [2.75, 3.05) is 13.2 Å². The van der Waals surface area contributed by atoms with Gasteiger partial charge in [0.15, 0.2) is 0 Å². The van der Waals surface area contributed by atoms with E-state index >= 15 is 0 Å². The molecule has 0 bridgehead atoms. The monoisotopic (exact) mass is 292 g/mol. The van der Waals surface area contributed by atoms with Crippen LogP contribution in [0, 0.1) is 0 Å². The SMILES string of the molecule is C=C(C)C(=O)OCCOP(=O)(O)O.O=[PH](O)O. The number of esters is 1. The Morgan fingerprint density at radius 3 is 2.06 bits per heavy atom. The average Bonchev–Trinajstić information content (AvgIpc) is 2.09. The molecule has 0 spiro atoms. The second-order valence-corrected chi connectivity index (χ2v) is 4.33. The van der Waals surface area contributed by atoms with Crippen LogP contribution in [0.5, 0.6) is 0 Å². The third-order valence-electron chi connectivity index (χ3n) is 0.924. The molecule has 0 unspecified atom stereocenters. The van der Waals surface area contributed by atoms with Crippen molar-refractivity contribution in [1.29, 1.82) is 0 Å². The molecule has 0 aliphatic carbocycles. The molecule has 102 valence electrons. The second-order valence-electron chi connectivity index (χ2n) is 2.52. The third kappa shape index (κ3) is 21.3. The number of hydrogen-bond donors (Lipinski definition) is 4. The summed E-state index contributed by atoms with van der Waals surface area (Å²) < 4.78 is 27.4. The van der Waals surface area contributed by atoms with Gasteiger partial charge in [0.1, 0.15) is 6.61 Å². The Hall–Kier alpha value is -0.530. The van der Waals surface area contributed by atoms with E-state index in [1.807, 2.05) is 0 Å². The van der Waals surface area contributed by atoms with Crippen LogP contribution in [0.25, 0.3) is 0 Å². The van der Waals surface area contributed by atoms with Gasteiger partial charge in [-0.1, -0.05) is 6.58 Å². The zero-order valence-electron chi connectivity index (χ0n) is 8.90. The Bertz CT molecular complexity index is 315. The summed E-state index contributed by atoms with van der Waals surface area (Å²) in [6.07, 6.45) is 0. The van der Waals surface area contributed by atoms with Crippen molar-refractivity contribution in [1.82, 2.24) is 0 Å². The largest absolute Gasteiger partial charge is 0.469 e. The van der Waals surface area contributed by atoms with Crippen LogP contribution in [0.2, 0.25) is 0 Å². The Balaban J connectivity index is 0. The van der Waals surface area contributed by atoms with Gasteiger partial charge >= 0.3 is 22.0 Å². The normalized spacial score (nSPS) is 10.5. The van der Waals surface area contributed by atoms with Crippen molar-refractivity contribution in [3.05, 3.63) is 12.2 Å². The predicted octanol–water partition coefficient (Wildman–Crippen LogP) is -0.424. The van der Waals surface area contributed by atoms with Gasteiger partial charge in [-0.05, 0) is 6.92 Å².